The minimum absolute atomic E-state index is 0.432. The number of anilines is 1. The second-order valence-electron chi connectivity index (χ2n) is 7.92. The summed E-state index contributed by atoms with van der Waals surface area (Å²) in [7, 11) is 0. The highest BCUT2D eigenvalue weighted by molar-refractivity contribution is 6.30. The number of hydrogen-bond acceptors (Lipinski definition) is 4. The third-order valence-corrected chi connectivity index (χ3v) is 5.59. The van der Waals surface area contributed by atoms with Gasteiger partial charge in [0.2, 0.25) is 5.91 Å². The number of carbonyl (C=O) groups excluding carboxylic acids is 3. The van der Waals surface area contributed by atoms with Crippen molar-refractivity contribution in [3.8, 4) is 5.69 Å². The van der Waals surface area contributed by atoms with Gasteiger partial charge >= 0.3 is 6.03 Å². The first-order valence-electron chi connectivity index (χ1n) is 10.0. The molecule has 0 saturated carbocycles. The summed E-state index contributed by atoms with van der Waals surface area (Å²) in [6, 6.07) is 15.5. The summed E-state index contributed by atoms with van der Waals surface area (Å²) in [6.45, 7) is 4.95. The quantitative estimate of drug-likeness (QED) is 0.580. The van der Waals surface area contributed by atoms with Gasteiger partial charge in [-0.1, -0.05) is 41.4 Å². The molecule has 1 atom stereocenters. The van der Waals surface area contributed by atoms with Gasteiger partial charge in [0.15, 0.2) is 0 Å². The predicted molar refractivity (Wildman–Crippen MR) is 121 cm³/mol. The summed E-state index contributed by atoms with van der Waals surface area (Å²) in [5, 5.41) is 10.3. The molecule has 9 heteroatoms. The van der Waals surface area contributed by atoms with Crippen molar-refractivity contribution in [2.45, 2.75) is 26.3 Å². The Morgan fingerprint density at radius 3 is 2.53 bits per heavy atom. The zero-order valence-corrected chi connectivity index (χ0v) is 18.6. The van der Waals surface area contributed by atoms with Crippen molar-refractivity contribution in [1.82, 2.24) is 20.0 Å². The van der Waals surface area contributed by atoms with Gasteiger partial charge in [-0.15, -0.1) is 0 Å². The van der Waals surface area contributed by atoms with E-state index in [1.54, 1.807) is 41.9 Å². The molecule has 1 aliphatic rings. The number of imide groups is 1. The number of benzene rings is 2. The van der Waals surface area contributed by atoms with Crippen LogP contribution < -0.4 is 10.6 Å². The van der Waals surface area contributed by atoms with Crippen LogP contribution in [0.4, 0.5) is 10.6 Å². The fourth-order valence-corrected chi connectivity index (χ4v) is 3.82. The fraction of sp³-hybridized carbons (Fsp3) is 0.217. The van der Waals surface area contributed by atoms with Crippen molar-refractivity contribution >= 4 is 35.3 Å². The van der Waals surface area contributed by atoms with Crippen LogP contribution in [-0.4, -0.2) is 39.1 Å². The summed E-state index contributed by atoms with van der Waals surface area (Å²) >= 11 is 6.05. The molecule has 32 heavy (non-hydrogen) atoms. The summed E-state index contributed by atoms with van der Waals surface area (Å²) in [6.07, 6.45) is 0. The van der Waals surface area contributed by atoms with Crippen molar-refractivity contribution in [2.75, 3.05) is 11.9 Å². The normalized spacial score (nSPS) is 18.1. The summed E-state index contributed by atoms with van der Waals surface area (Å²) < 4.78 is 1.61. The van der Waals surface area contributed by atoms with E-state index >= 15 is 0 Å². The maximum atomic E-state index is 13.1. The number of aromatic nitrogens is 2. The first-order valence-corrected chi connectivity index (χ1v) is 10.4. The van der Waals surface area contributed by atoms with Crippen LogP contribution in [0, 0.1) is 13.8 Å². The van der Waals surface area contributed by atoms with E-state index in [2.05, 4.69) is 15.7 Å². The maximum Gasteiger partial charge on any atom is 0.325 e. The van der Waals surface area contributed by atoms with Crippen molar-refractivity contribution in [2.24, 2.45) is 0 Å². The SMILES string of the molecule is Cc1ccc(-n2nc(C)cc2NC(=O)CN2C(=O)NC(C)(c3cccc(Cl)c3)C2=O)cc1. The Bertz CT molecular complexity index is 1220. The largest absolute Gasteiger partial charge is 0.325 e. The van der Waals surface area contributed by atoms with Crippen LogP contribution in [0.1, 0.15) is 23.7 Å². The number of urea groups is 1. The lowest BCUT2D eigenvalue weighted by Crippen LogP contribution is -2.42. The number of nitrogens with zero attached hydrogens (tertiary/aromatic N) is 3. The van der Waals surface area contributed by atoms with E-state index in [0.29, 0.717) is 22.1 Å². The van der Waals surface area contributed by atoms with E-state index in [1.165, 1.54) is 0 Å². The van der Waals surface area contributed by atoms with Gasteiger partial charge in [-0.05, 0) is 50.6 Å². The molecule has 164 valence electrons. The lowest BCUT2D eigenvalue weighted by molar-refractivity contribution is -0.133. The fourth-order valence-electron chi connectivity index (χ4n) is 3.63. The van der Waals surface area contributed by atoms with Crippen molar-refractivity contribution < 1.29 is 14.4 Å². The Balaban J connectivity index is 1.52. The molecule has 2 aromatic carbocycles. The molecule has 0 radical (unpaired) electrons. The molecule has 1 aliphatic heterocycles. The molecular formula is C23H22ClN5O3. The van der Waals surface area contributed by atoms with E-state index in [9.17, 15) is 14.4 Å². The Morgan fingerprint density at radius 2 is 1.84 bits per heavy atom. The molecule has 0 bridgehead atoms. The Morgan fingerprint density at radius 1 is 1.12 bits per heavy atom. The molecule has 1 unspecified atom stereocenters. The Kier molecular flexibility index (Phi) is 5.48. The number of rotatable bonds is 5. The lowest BCUT2D eigenvalue weighted by atomic mass is 9.92. The molecule has 1 saturated heterocycles. The van der Waals surface area contributed by atoms with Crippen LogP contribution in [0.25, 0.3) is 5.69 Å². The second-order valence-corrected chi connectivity index (χ2v) is 8.36. The number of amides is 4. The standard InChI is InChI=1S/C23H22ClN5O3/c1-14-7-9-18(10-8-14)29-19(11-15(2)27-29)25-20(30)13-28-21(31)23(3,26-22(28)32)16-5-4-6-17(24)12-16/h4-12H,13H2,1-3H3,(H,25,30)(H,26,32). The van der Waals surface area contributed by atoms with Gasteiger partial charge in [-0.25, -0.2) is 9.48 Å². The molecule has 1 aromatic heterocycles. The van der Waals surface area contributed by atoms with Crippen LogP contribution in [0.5, 0.6) is 0 Å². The predicted octanol–water partition coefficient (Wildman–Crippen LogP) is 3.55. The summed E-state index contributed by atoms with van der Waals surface area (Å²) in [4.78, 5) is 39.3. The Hall–Kier alpha value is -3.65. The molecule has 0 spiro atoms. The van der Waals surface area contributed by atoms with Gasteiger partial charge in [0, 0.05) is 11.1 Å². The maximum absolute atomic E-state index is 13.1. The zero-order chi connectivity index (χ0) is 23.0. The third kappa shape index (κ3) is 3.97. The summed E-state index contributed by atoms with van der Waals surface area (Å²) in [5.41, 5.74) is 1.83. The van der Waals surface area contributed by atoms with E-state index < -0.39 is 29.9 Å². The highest BCUT2D eigenvalue weighted by atomic mass is 35.5. The number of carbonyl (C=O) groups is 3. The van der Waals surface area contributed by atoms with Gasteiger partial charge in [0.05, 0.1) is 11.4 Å². The highest BCUT2D eigenvalue weighted by Crippen LogP contribution is 2.30. The first kappa shape index (κ1) is 21.6. The molecule has 1 fully saturated rings. The van der Waals surface area contributed by atoms with Crippen LogP contribution in [0.15, 0.2) is 54.6 Å². The molecule has 0 aliphatic carbocycles. The topological polar surface area (TPSA) is 96.3 Å². The molecule has 2 N–H and O–H groups in total. The highest BCUT2D eigenvalue weighted by Gasteiger charge is 2.49. The van der Waals surface area contributed by atoms with Crippen LogP contribution >= 0.6 is 11.6 Å². The van der Waals surface area contributed by atoms with Crippen LogP contribution in [-0.2, 0) is 15.1 Å². The van der Waals surface area contributed by atoms with Gasteiger partial charge < -0.3 is 10.6 Å². The summed E-state index contributed by atoms with van der Waals surface area (Å²) in [5.74, 6) is -0.596. The van der Waals surface area contributed by atoms with Gasteiger partial charge in [0.1, 0.15) is 17.9 Å². The lowest BCUT2D eigenvalue weighted by Gasteiger charge is -2.22. The van der Waals surface area contributed by atoms with Crippen LogP contribution in [0.3, 0.4) is 0 Å². The molecule has 2 heterocycles. The van der Waals surface area contributed by atoms with E-state index in [4.69, 9.17) is 11.6 Å². The average Bonchev–Trinajstić information content (AvgIpc) is 3.21. The molecule has 3 aromatic rings. The van der Waals surface area contributed by atoms with E-state index in [0.717, 1.165) is 16.2 Å². The monoisotopic (exact) mass is 451 g/mol. The zero-order valence-electron chi connectivity index (χ0n) is 17.8. The van der Waals surface area contributed by atoms with Crippen molar-refractivity contribution in [1.29, 1.82) is 0 Å². The number of halogens is 1. The van der Waals surface area contributed by atoms with Gasteiger partial charge in [0.25, 0.3) is 5.91 Å². The molecule has 4 amide bonds. The molecular weight excluding hydrogens is 430 g/mol. The second kappa shape index (κ2) is 8.12. The van der Waals surface area contributed by atoms with Gasteiger partial charge in [-0.3, -0.25) is 14.5 Å². The number of hydrogen-bond donors (Lipinski definition) is 2. The Labute approximate surface area is 190 Å². The number of aryl methyl sites for hydroxylation is 2. The third-order valence-electron chi connectivity index (χ3n) is 5.36. The first-order chi connectivity index (χ1) is 15.2. The van der Waals surface area contributed by atoms with E-state index in [-0.39, 0.29) is 0 Å². The van der Waals surface area contributed by atoms with Gasteiger partial charge in [-0.2, -0.15) is 5.10 Å². The molecule has 8 nitrogen and oxygen atoms in total. The van der Waals surface area contributed by atoms with Crippen molar-refractivity contribution in [3.63, 3.8) is 0 Å². The van der Waals surface area contributed by atoms with Crippen LogP contribution in [0.2, 0.25) is 5.02 Å². The minimum atomic E-state index is -1.30. The smallest absolute Gasteiger partial charge is 0.319 e. The average molecular weight is 452 g/mol. The van der Waals surface area contributed by atoms with E-state index in [1.807, 2.05) is 38.1 Å². The van der Waals surface area contributed by atoms with Crippen molar-refractivity contribution in [3.05, 3.63) is 76.4 Å². The minimum Gasteiger partial charge on any atom is -0.319 e. The number of nitrogens with one attached hydrogen (secondary N) is 2. The molecule has 4 rings (SSSR count).